The van der Waals surface area contributed by atoms with Crippen LogP contribution >= 0.6 is 11.8 Å². The molecule has 2 N–H and O–H groups in total. The summed E-state index contributed by atoms with van der Waals surface area (Å²) in [6.45, 7) is 1.81. The van der Waals surface area contributed by atoms with Crippen LogP contribution in [0.4, 0.5) is 0 Å². The van der Waals surface area contributed by atoms with Crippen LogP contribution < -0.4 is 4.74 Å². The summed E-state index contributed by atoms with van der Waals surface area (Å²) in [4.78, 5) is 27.2. The summed E-state index contributed by atoms with van der Waals surface area (Å²) < 4.78 is 5.18. The summed E-state index contributed by atoms with van der Waals surface area (Å²) in [7, 11) is 1.54. The third-order valence-corrected chi connectivity index (χ3v) is 4.26. The van der Waals surface area contributed by atoms with Crippen LogP contribution in [0.3, 0.4) is 0 Å². The van der Waals surface area contributed by atoms with Gasteiger partial charge in [-0.1, -0.05) is 0 Å². The molecule has 0 aliphatic heterocycles. The van der Waals surface area contributed by atoms with Crippen LogP contribution in [-0.2, 0) is 9.59 Å². The van der Waals surface area contributed by atoms with E-state index in [0.29, 0.717) is 16.2 Å². The highest BCUT2D eigenvalue weighted by Crippen LogP contribution is 2.34. The predicted molar refractivity (Wildman–Crippen MR) is 82.6 cm³/mol. The molecule has 1 aromatic heterocycles. The Labute approximate surface area is 131 Å². The molecule has 0 amide bonds. The minimum Gasteiger partial charge on any atom is -0.497 e. The van der Waals surface area contributed by atoms with Crippen molar-refractivity contribution in [1.29, 1.82) is 0 Å². The molecular formula is C15H15NO5S. The van der Waals surface area contributed by atoms with Gasteiger partial charge in [0.15, 0.2) is 0 Å². The number of carboxylic acid groups (broad SMARTS) is 2. The number of ether oxygens (including phenoxy) is 1. The van der Waals surface area contributed by atoms with Crippen molar-refractivity contribution in [3.05, 3.63) is 30.0 Å². The molecule has 1 heterocycles. The lowest BCUT2D eigenvalue weighted by Crippen LogP contribution is -2.20. The van der Waals surface area contributed by atoms with E-state index in [1.807, 2.05) is 0 Å². The summed E-state index contributed by atoms with van der Waals surface area (Å²) in [5.74, 6) is -1.67. The summed E-state index contributed by atoms with van der Waals surface area (Å²) in [6.07, 6.45) is -0.452. The topological polar surface area (TPSA) is 96.7 Å². The number of aryl methyl sites for hydroxylation is 1. The first-order valence-corrected chi connectivity index (χ1v) is 7.35. The molecule has 1 atom stereocenters. The fraction of sp³-hybridized carbons (Fsp3) is 0.267. The van der Waals surface area contributed by atoms with E-state index in [-0.39, 0.29) is 0 Å². The van der Waals surface area contributed by atoms with E-state index < -0.39 is 23.6 Å². The number of hydrogen-bond donors (Lipinski definition) is 2. The smallest absolute Gasteiger partial charge is 0.317 e. The Morgan fingerprint density at radius 2 is 2.05 bits per heavy atom. The van der Waals surface area contributed by atoms with Gasteiger partial charge in [-0.25, -0.2) is 0 Å². The number of methoxy groups -OCH3 is 1. The van der Waals surface area contributed by atoms with Crippen molar-refractivity contribution in [2.45, 2.75) is 23.5 Å². The Bertz CT molecular complexity index is 731. The van der Waals surface area contributed by atoms with E-state index >= 15 is 0 Å². The van der Waals surface area contributed by atoms with Gasteiger partial charge in [0.1, 0.15) is 11.0 Å². The van der Waals surface area contributed by atoms with E-state index in [1.54, 1.807) is 38.3 Å². The third kappa shape index (κ3) is 3.67. The molecule has 116 valence electrons. The molecule has 0 spiro atoms. The molecule has 7 heteroatoms. The van der Waals surface area contributed by atoms with Crippen LogP contribution in [-0.4, -0.2) is 39.5 Å². The van der Waals surface area contributed by atoms with Crippen LogP contribution in [0.5, 0.6) is 5.75 Å². The third-order valence-electron chi connectivity index (χ3n) is 3.01. The Morgan fingerprint density at radius 1 is 1.32 bits per heavy atom. The molecule has 0 fully saturated rings. The minimum atomic E-state index is -1.15. The first-order chi connectivity index (χ1) is 10.4. The fourth-order valence-corrected chi connectivity index (χ4v) is 3.18. The monoisotopic (exact) mass is 321 g/mol. The van der Waals surface area contributed by atoms with Crippen molar-refractivity contribution < 1.29 is 24.5 Å². The van der Waals surface area contributed by atoms with E-state index in [9.17, 15) is 14.7 Å². The standard InChI is InChI=1S/C15H15NO5S/c1-8-5-12(22-13(15(19)20)7-14(17)18)10-6-9(21-2)3-4-11(10)16-8/h3-6,13H,7H2,1-2H3,(H,17,18)(H,19,20)/t13-/m0/s1. The summed E-state index contributed by atoms with van der Waals surface area (Å²) in [6, 6.07) is 7.08. The van der Waals surface area contributed by atoms with Crippen molar-refractivity contribution in [2.24, 2.45) is 0 Å². The zero-order valence-electron chi connectivity index (χ0n) is 12.1. The van der Waals surface area contributed by atoms with E-state index in [0.717, 1.165) is 22.8 Å². The number of pyridine rings is 1. The van der Waals surface area contributed by atoms with Crippen LogP contribution in [0.1, 0.15) is 12.1 Å². The Hall–Kier alpha value is -2.28. The molecule has 0 bridgehead atoms. The zero-order valence-corrected chi connectivity index (χ0v) is 12.9. The largest absolute Gasteiger partial charge is 0.497 e. The highest BCUT2D eigenvalue weighted by Gasteiger charge is 2.23. The molecule has 0 unspecified atom stereocenters. The molecule has 2 aromatic rings. The lowest BCUT2D eigenvalue weighted by atomic mass is 10.2. The van der Waals surface area contributed by atoms with Gasteiger partial charge in [0.05, 0.1) is 19.0 Å². The summed E-state index contributed by atoms with van der Waals surface area (Å²) in [5.41, 5.74) is 1.45. The number of carbonyl (C=O) groups is 2. The Balaban J connectivity index is 2.48. The van der Waals surface area contributed by atoms with Crippen molar-refractivity contribution in [2.75, 3.05) is 7.11 Å². The van der Waals surface area contributed by atoms with Gasteiger partial charge < -0.3 is 14.9 Å². The van der Waals surface area contributed by atoms with Gasteiger partial charge in [0, 0.05) is 16.0 Å². The maximum absolute atomic E-state index is 11.3. The van der Waals surface area contributed by atoms with Gasteiger partial charge in [-0.15, -0.1) is 11.8 Å². The average molecular weight is 321 g/mol. The lowest BCUT2D eigenvalue weighted by Gasteiger charge is -2.13. The molecule has 0 aliphatic rings. The Morgan fingerprint density at radius 3 is 2.64 bits per heavy atom. The van der Waals surface area contributed by atoms with Gasteiger partial charge in [-0.2, -0.15) is 0 Å². The van der Waals surface area contributed by atoms with Crippen molar-refractivity contribution in [1.82, 2.24) is 4.98 Å². The molecule has 1 aromatic carbocycles. The van der Waals surface area contributed by atoms with E-state index in [1.165, 1.54) is 0 Å². The SMILES string of the molecule is COc1ccc2nc(C)cc(S[C@@H](CC(=O)O)C(=O)O)c2c1. The minimum absolute atomic E-state index is 0.452. The molecule has 0 saturated carbocycles. The van der Waals surface area contributed by atoms with Crippen molar-refractivity contribution in [3.8, 4) is 5.75 Å². The number of fused-ring (bicyclic) bond motifs is 1. The molecule has 0 saturated heterocycles. The van der Waals surface area contributed by atoms with Gasteiger partial charge >= 0.3 is 11.9 Å². The predicted octanol–water partition coefficient (Wildman–Crippen LogP) is 2.57. The number of benzene rings is 1. The first kappa shape index (κ1) is 16.1. The number of rotatable bonds is 6. The van der Waals surface area contributed by atoms with Crippen LogP contribution in [0, 0.1) is 6.92 Å². The highest BCUT2D eigenvalue weighted by atomic mass is 32.2. The number of aromatic nitrogens is 1. The second-order valence-corrected chi connectivity index (χ2v) is 5.93. The number of carboxylic acids is 2. The van der Waals surface area contributed by atoms with Gasteiger partial charge in [-0.3, -0.25) is 14.6 Å². The van der Waals surface area contributed by atoms with Gasteiger partial charge in [0.2, 0.25) is 0 Å². The van der Waals surface area contributed by atoms with E-state index in [4.69, 9.17) is 9.84 Å². The number of aliphatic carboxylic acids is 2. The zero-order chi connectivity index (χ0) is 16.3. The van der Waals surface area contributed by atoms with Crippen LogP contribution in [0.25, 0.3) is 10.9 Å². The quantitative estimate of drug-likeness (QED) is 0.789. The van der Waals surface area contributed by atoms with Crippen LogP contribution in [0.15, 0.2) is 29.2 Å². The second-order valence-electron chi connectivity index (χ2n) is 4.69. The average Bonchev–Trinajstić information content (AvgIpc) is 2.45. The number of thioether (sulfide) groups is 1. The summed E-state index contributed by atoms with van der Waals surface area (Å²) >= 11 is 1.01. The molecule has 2 rings (SSSR count). The first-order valence-electron chi connectivity index (χ1n) is 6.47. The normalized spacial score (nSPS) is 12.1. The number of hydrogen-bond acceptors (Lipinski definition) is 5. The molecule has 22 heavy (non-hydrogen) atoms. The maximum atomic E-state index is 11.3. The molecule has 6 nitrogen and oxygen atoms in total. The molecular weight excluding hydrogens is 306 g/mol. The second kappa shape index (κ2) is 6.65. The summed E-state index contributed by atoms with van der Waals surface area (Å²) in [5, 5.41) is 17.7. The fourth-order valence-electron chi connectivity index (χ4n) is 2.02. The molecule has 0 aliphatic carbocycles. The van der Waals surface area contributed by atoms with Gasteiger partial charge in [-0.05, 0) is 31.2 Å². The maximum Gasteiger partial charge on any atom is 0.317 e. The van der Waals surface area contributed by atoms with Crippen LogP contribution in [0.2, 0.25) is 0 Å². The highest BCUT2D eigenvalue weighted by molar-refractivity contribution is 8.00. The van der Waals surface area contributed by atoms with Gasteiger partial charge in [0.25, 0.3) is 0 Å². The van der Waals surface area contributed by atoms with Crippen molar-refractivity contribution >= 4 is 34.6 Å². The Kier molecular flexibility index (Phi) is 4.87. The van der Waals surface area contributed by atoms with E-state index in [2.05, 4.69) is 4.98 Å². The molecule has 0 radical (unpaired) electrons. The lowest BCUT2D eigenvalue weighted by molar-refractivity contribution is -0.142. The number of nitrogens with zero attached hydrogens (tertiary/aromatic N) is 1. The van der Waals surface area contributed by atoms with Crippen molar-refractivity contribution in [3.63, 3.8) is 0 Å².